The first-order chi connectivity index (χ1) is 9.69. The predicted molar refractivity (Wildman–Crippen MR) is 82.5 cm³/mol. The van der Waals surface area contributed by atoms with E-state index in [0.29, 0.717) is 25.3 Å². The molecule has 20 heavy (non-hydrogen) atoms. The predicted octanol–water partition coefficient (Wildman–Crippen LogP) is 2.61. The van der Waals surface area contributed by atoms with Crippen molar-refractivity contribution in [3.63, 3.8) is 0 Å². The number of hydrogen-bond acceptors (Lipinski definition) is 4. The van der Waals surface area contributed by atoms with Gasteiger partial charge in [0.2, 0.25) is 0 Å². The molecule has 1 unspecified atom stereocenters. The molecule has 1 aromatic rings. The maximum Gasteiger partial charge on any atom is 0.119 e. The van der Waals surface area contributed by atoms with Gasteiger partial charge in [0, 0.05) is 38.0 Å². The van der Waals surface area contributed by atoms with E-state index in [1.807, 2.05) is 12.1 Å². The zero-order chi connectivity index (χ0) is 14.4. The molecule has 0 aromatic heterocycles. The van der Waals surface area contributed by atoms with Crippen LogP contribution in [0, 0.1) is 0 Å². The van der Waals surface area contributed by atoms with Crippen LogP contribution in [-0.2, 0) is 4.74 Å². The van der Waals surface area contributed by atoms with Crippen LogP contribution in [0.3, 0.4) is 0 Å². The van der Waals surface area contributed by atoms with Crippen molar-refractivity contribution in [1.82, 2.24) is 4.90 Å². The van der Waals surface area contributed by atoms with Gasteiger partial charge in [-0.25, -0.2) is 0 Å². The Morgan fingerprint density at radius 3 is 2.60 bits per heavy atom. The highest BCUT2D eigenvalue weighted by molar-refractivity contribution is 5.47. The minimum absolute atomic E-state index is 0.553. The smallest absolute Gasteiger partial charge is 0.119 e. The molecule has 4 heteroatoms. The fraction of sp³-hybridized carbons (Fsp3) is 0.625. The number of likely N-dealkylation sites (tertiary alicyclic amines) is 1. The Morgan fingerprint density at radius 2 is 2.00 bits per heavy atom. The second-order valence-electron chi connectivity index (χ2n) is 5.58. The van der Waals surface area contributed by atoms with E-state index in [0.717, 1.165) is 12.3 Å². The molecular formula is C16H26N2O2. The number of rotatable bonds is 7. The van der Waals surface area contributed by atoms with Gasteiger partial charge in [0.25, 0.3) is 0 Å². The van der Waals surface area contributed by atoms with Crippen LogP contribution in [0.15, 0.2) is 24.3 Å². The molecule has 1 aliphatic rings. The summed E-state index contributed by atoms with van der Waals surface area (Å²) in [6.45, 7) is 8.04. The van der Waals surface area contributed by atoms with Gasteiger partial charge in [-0.15, -0.1) is 0 Å². The van der Waals surface area contributed by atoms with Gasteiger partial charge in [0.1, 0.15) is 12.4 Å². The lowest BCUT2D eigenvalue weighted by Gasteiger charge is -2.21. The fourth-order valence-electron chi connectivity index (χ4n) is 2.50. The molecule has 1 saturated heterocycles. The summed E-state index contributed by atoms with van der Waals surface area (Å²) < 4.78 is 10.5. The van der Waals surface area contributed by atoms with Crippen molar-refractivity contribution in [1.29, 1.82) is 0 Å². The summed E-state index contributed by atoms with van der Waals surface area (Å²) in [5.74, 6) is 0.892. The largest absolute Gasteiger partial charge is 0.491 e. The first kappa shape index (κ1) is 15.1. The van der Waals surface area contributed by atoms with Crippen molar-refractivity contribution >= 4 is 5.69 Å². The summed E-state index contributed by atoms with van der Waals surface area (Å²) in [5, 5.41) is 3.60. The number of methoxy groups -OCH3 is 1. The van der Waals surface area contributed by atoms with Crippen molar-refractivity contribution in [2.24, 2.45) is 0 Å². The van der Waals surface area contributed by atoms with Crippen molar-refractivity contribution in [2.75, 3.05) is 38.7 Å². The molecule has 0 spiro atoms. The lowest BCUT2D eigenvalue weighted by molar-refractivity contribution is 0.146. The van der Waals surface area contributed by atoms with Crippen LogP contribution in [0.25, 0.3) is 0 Å². The summed E-state index contributed by atoms with van der Waals surface area (Å²) in [6.07, 6.45) is 1.21. The third kappa shape index (κ3) is 4.39. The minimum atomic E-state index is 0.553. The Labute approximate surface area is 122 Å². The van der Waals surface area contributed by atoms with Crippen LogP contribution >= 0.6 is 0 Å². The van der Waals surface area contributed by atoms with Gasteiger partial charge in [-0.1, -0.05) is 0 Å². The Morgan fingerprint density at radius 1 is 1.25 bits per heavy atom. The number of hydrogen-bond donors (Lipinski definition) is 1. The van der Waals surface area contributed by atoms with E-state index < -0.39 is 0 Å². The van der Waals surface area contributed by atoms with Crippen molar-refractivity contribution < 1.29 is 9.47 Å². The second-order valence-corrected chi connectivity index (χ2v) is 5.58. The lowest BCUT2D eigenvalue weighted by Crippen LogP contribution is -2.31. The second kappa shape index (κ2) is 7.50. The van der Waals surface area contributed by atoms with E-state index in [9.17, 15) is 0 Å². The highest BCUT2D eigenvalue weighted by atomic mass is 16.5. The molecule has 0 amide bonds. The van der Waals surface area contributed by atoms with Gasteiger partial charge in [0.15, 0.2) is 0 Å². The average Bonchev–Trinajstić information content (AvgIpc) is 2.90. The molecule has 0 aliphatic carbocycles. The Kier molecular flexibility index (Phi) is 5.68. The molecule has 0 bridgehead atoms. The SMILES string of the molecule is COCCOc1ccc(NC2CCN(C(C)C)C2)cc1. The molecule has 4 nitrogen and oxygen atoms in total. The molecule has 1 aliphatic heterocycles. The summed E-state index contributed by atoms with van der Waals surface area (Å²) in [4.78, 5) is 2.51. The minimum Gasteiger partial charge on any atom is -0.491 e. The van der Waals surface area contributed by atoms with Gasteiger partial charge in [-0.2, -0.15) is 0 Å². The number of benzene rings is 1. The molecule has 1 fully saturated rings. The first-order valence-corrected chi connectivity index (χ1v) is 7.41. The van der Waals surface area contributed by atoms with Gasteiger partial charge >= 0.3 is 0 Å². The number of nitrogens with one attached hydrogen (secondary N) is 1. The van der Waals surface area contributed by atoms with Gasteiger partial charge in [0.05, 0.1) is 6.61 Å². The Bertz CT molecular complexity index is 392. The van der Waals surface area contributed by atoms with Crippen molar-refractivity contribution in [3.8, 4) is 5.75 Å². The maximum absolute atomic E-state index is 5.56. The summed E-state index contributed by atoms with van der Waals surface area (Å²) in [5.41, 5.74) is 1.17. The molecule has 1 heterocycles. The van der Waals surface area contributed by atoms with Crippen LogP contribution in [0.4, 0.5) is 5.69 Å². The van der Waals surface area contributed by atoms with Crippen molar-refractivity contribution in [2.45, 2.75) is 32.4 Å². The van der Waals surface area contributed by atoms with Gasteiger partial charge in [-0.3, -0.25) is 4.90 Å². The zero-order valence-corrected chi connectivity index (χ0v) is 12.8. The zero-order valence-electron chi connectivity index (χ0n) is 12.8. The standard InChI is InChI=1S/C16H26N2O2/c1-13(2)18-9-8-15(12-18)17-14-4-6-16(7-5-14)20-11-10-19-3/h4-7,13,15,17H,8-12H2,1-3H3. The van der Waals surface area contributed by atoms with E-state index in [1.165, 1.54) is 18.7 Å². The molecule has 112 valence electrons. The third-order valence-corrected chi connectivity index (χ3v) is 3.73. The van der Waals surface area contributed by atoms with Gasteiger partial charge < -0.3 is 14.8 Å². The summed E-state index contributed by atoms with van der Waals surface area (Å²) in [7, 11) is 1.68. The quantitative estimate of drug-likeness (QED) is 0.777. The number of nitrogens with zero attached hydrogens (tertiary/aromatic N) is 1. The lowest BCUT2D eigenvalue weighted by atomic mass is 10.2. The topological polar surface area (TPSA) is 33.7 Å². The van der Waals surface area contributed by atoms with Crippen LogP contribution in [-0.4, -0.2) is 50.4 Å². The fourth-order valence-corrected chi connectivity index (χ4v) is 2.50. The molecule has 1 atom stereocenters. The van der Waals surface area contributed by atoms with Crippen molar-refractivity contribution in [3.05, 3.63) is 24.3 Å². The Balaban J connectivity index is 1.79. The molecule has 0 radical (unpaired) electrons. The van der Waals surface area contributed by atoms with Gasteiger partial charge in [-0.05, 0) is 44.5 Å². The number of anilines is 1. The normalized spacial score (nSPS) is 19.5. The molecule has 1 N–H and O–H groups in total. The van der Waals surface area contributed by atoms with E-state index in [1.54, 1.807) is 7.11 Å². The Hall–Kier alpha value is -1.26. The van der Waals surface area contributed by atoms with Crippen LogP contribution in [0.5, 0.6) is 5.75 Å². The van der Waals surface area contributed by atoms with E-state index in [-0.39, 0.29) is 0 Å². The number of ether oxygens (including phenoxy) is 2. The summed E-state index contributed by atoms with van der Waals surface area (Å²) in [6, 6.07) is 9.37. The van der Waals surface area contributed by atoms with E-state index >= 15 is 0 Å². The highest BCUT2D eigenvalue weighted by Crippen LogP contribution is 2.20. The monoisotopic (exact) mass is 278 g/mol. The molecular weight excluding hydrogens is 252 g/mol. The molecule has 0 saturated carbocycles. The average molecular weight is 278 g/mol. The molecule has 2 rings (SSSR count). The van der Waals surface area contributed by atoms with Crippen LogP contribution < -0.4 is 10.1 Å². The van der Waals surface area contributed by atoms with Crippen LogP contribution in [0.1, 0.15) is 20.3 Å². The third-order valence-electron chi connectivity index (χ3n) is 3.73. The maximum atomic E-state index is 5.56. The van der Waals surface area contributed by atoms with E-state index in [4.69, 9.17) is 9.47 Å². The first-order valence-electron chi connectivity index (χ1n) is 7.41. The summed E-state index contributed by atoms with van der Waals surface area (Å²) >= 11 is 0. The highest BCUT2D eigenvalue weighted by Gasteiger charge is 2.23. The van der Waals surface area contributed by atoms with E-state index in [2.05, 4.69) is 36.2 Å². The molecule has 1 aromatic carbocycles. The van der Waals surface area contributed by atoms with Crippen LogP contribution in [0.2, 0.25) is 0 Å².